The molecule has 4 bridgehead atoms. The van der Waals surface area contributed by atoms with E-state index in [-0.39, 0.29) is 47.3 Å². The maximum Gasteiger partial charge on any atom is 0.556 e. The third-order valence-corrected chi connectivity index (χ3v) is 13.5. The van der Waals surface area contributed by atoms with Gasteiger partial charge in [0, 0.05) is 22.0 Å². The van der Waals surface area contributed by atoms with Gasteiger partial charge in [0.2, 0.25) is 0 Å². The van der Waals surface area contributed by atoms with Gasteiger partial charge in [-0.05, 0) is 47.3 Å². The van der Waals surface area contributed by atoms with Crippen LogP contribution in [0.15, 0.2) is 0 Å². The van der Waals surface area contributed by atoms with Crippen molar-refractivity contribution >= 4 is 28.6 Å². The van der Waals surface area contributed by atoms with Gasteiger partial charge in [0.1, 0.15) is 0 Å². The van der Waals surface area contributed by atoms with Gasteiger partial charge >= 0.3 is 28.6 Å². The molecule has 5 aliphatic heterocycles. The first kappa shape index (κ1) is 39.7. The lowest BCUT2D eigenvalue weighted by Crippen LogP contribution is -2.87. The third kappa shape index (κ3) is 5.08. The molecule has 47 heavy (non-hydrogen) atoms. The van der Waals surface area contributed by atoms with Crippen LogP contribution in [0.3, 0.4) is 0 Å². The van der Waals surface area contributed by atoms with Crippen LogP contribution in [0.4, 0.5) is 0 Å². The molecule has 0 aliphatic carbocycles. The van der Waals surface area contributed by atoms with Gasteiger partial charge in [-0.25, -0.2) is 0 Å². The quantitative estimate of drug-likeness (QED) is 0.238. The minimum absolute atomic E-state index is 0.00266. The standard InChI is InChI=1S/C34H68B4O9/c1-21(2)31(22(3)4)29(17,18)32(23(5)6,24(7)8)40-36-45-37-41-33(25(9)10,26(11)12)30(19,20)34(27(13)14,28(15)16)42-38(46-36,47-37)44-35(39-31)43-37/h21-28H,1-20H3/q-2. The van der Waals surface area contributed by atoms with Crippen molar-refractivity contribution in [2.75, 3.05) is 0 Å². The van der Waals surface area contributed by atoms with Crippen LogP contribution in [0.25, 0.3) is 0 Å². The van der Waals surface area contributed by atoms with E-state index in [4.69, 9.17) is 41.5 Å². The Kier molecular flexibility index (Phi) is 10.3. The van der Waals surface area contributed by atoms with Crippen molar-refractivity contribution in [1.82, 2.24) is 0 Å². The van der Waals surface area contributed by atoms with Crippen molar-refractivity contribution in [2.45, 2.75) is 161 Å². The monoisotopic (exact) mass is 665 g/mol. The number of fused-ring (bicyclic) bond motifs is 4. The van der Waals surface area contributed by atoms with Crippen LogP contribution in [-0.2, 0) is 41.5 Å². The molecule has 0 aromatic heterocycles. The fourth-order valence-corrected chi connectivity index (χ4v) is 12.8. The molecule has 13 heteroatoms. The fourth-order valence-electron chi connectivity index (χ4n) is 12.8. The average Bonchev–Trinajstić information content (AvgIpc) is 2.88. The molecule has 5 heterocycles. The molecule has 0 radical (unpaired) electrons. The summed E-state index contributed by atoms with van der Waals surface area (Å²) in [6.45, 7) is 38.0. The highest BCUT2D eigenvalue weighted by molar-refractivity contribution is 6.85. The SMILES string of the molecule is CC(C)C1(C(C)C)OB2O[B-]34OB(O[B-](O2)(O3)OC(C(C)C)(C(C)C)C(C)(C)C(C(C)C)(C(C)C)O4)OC(C(C)C)(C(C)C)C1(C)C. The smallest absolute Gasteiger partial charge is 0.556 e. The van der Waals surface area contributed by atoms with E-state index in [1.165, 1.54) is 0 Å². The summed E-state index contributed by atoms with van der Waals surface area (Å²) in [4.78, 5) is 0. The summed E-state index contributed by atoms with van der Waals surface area (Å²) in [7, 11) is -2.56. The number of rotatable bonds is 8. The van der Waals surface area contributed by atoms with Gasteiger partial charge < -0.3 is 41.5 Å². The van der Waals surface area contributed by atoms with Crippen molar-refractivity contribution in [3.8, 4) is 0 Å². The van der Waals surface area contributed by atoms with E-state index in [2.05, 4.69) is 138 Å². The lowest BCUT2D eigenvalue weighted by atomic mass is 9.49. The van der Waals surface area contributed by atoms with Gasteiger partial charge in [-0.1, -0.05) is 138 Å². The van der Waals surface area contributed by atoms with Crippen LogP contribution < -0.4 is 0 Å². The van der Waals surface area contributed by atoms with Gasteiger partial charge in [0.15, 0.2) is 0 Å². The average molecular weight is 664 g/mol. The zero-order chi connectivity index (χ0) is 36.1. The molecule has 0 N–H and O–H groups in total. The zero-order valence-electron chi connectivity index (χ0n) is 33.6. The minimum Gasteiger partial charge on any atom is -0.679 e. The first-order valence-electron chi connectivity index (χ1n) is 18.7. The van der Waals surface area contributed by atoms with Crippen LogP contribution in [0, 0.1) is 58.2 Å². The maximum atomic E-state index is 7.47. The molecule has 2 spiro atoms. The maximum absolute atomic E-state index is 7.47. The van der Waals surface area contributed by atoms with Gasteiger partial charge in [0.05, 0.1) is 11.2 Å². The molecule has 0 atom stereocenters. The van der Waals surface area contributed by atoms with Crippen LogP contribution in [0.5, 0.6) is 0 Å². The molecule has 9 nitrogen and oxygen atoms in total. The summed E-state index contributed by atoms with van der Waals surface area (Å²) in [5.74, 6) is 0.102. The van der Waals surface area contributed by atoms with Crippen LogP contribution in [-0.4, -0.2) is 51.0 Å². The Hall–Kier alpha value is -0.100. The largest absolute Gasteiger partial charge is 0.679 e. The molecule has 0 saturated carbocycles. The second-order valence-corrected chi connectivity index (χ2v) is 18.5. The highest BCUT2D eigenvalue weighted by atomic mass is 17.1. The van der Waals surface area contributed by atoms with E-state index in [9.17, 15) is 0 Å². The Labute approximate surface area is 288 Å². The van der Waals surface area contributed by atoms with E-state index in [1.807, 2.05) is 0 Å². The van der Waals surface area contributed by atoms with E-state index < -0.39 is 61.8 Å². The predicted molar refractivity (Wildman–Crippen MR) is 190 cm³/mol. The summed E-state index contributed by atoms with van der Waals surface area (Å²) in [6, 6.07) is 0. The Bertz CT molecular complexity index is 1010. The first-order valence-corrected chi connectivity index (χ1v) is 18.7. The molecular weight excluding hydrogens is 596 g/mol. The molecular formula is C34H68B4O9-2. The number of hydrogen-bond donors (Lipinski definition) is 0. The fraction of sp³-hybridized carbons (Fsp3) is 1.00. The zero-order valence-corrected chi connectivity index (χ0v) is 33.6. The Morgan fingerprint density at radius 1 is 0.362 bits per heavy atom. The lowest BCUT2D eigenvalue weighted by molar-refractivity contribution is -0.300. The summed E-state index contributed by atoms with van der Waals surface area (Å²) in [6.07, 6.45) is 0. The van der Waals surface area contributed by atoms with E-state index in [1.54, 1.807) is 0 Å². The van der Waals surface area contributed by atoms with Crippen molar-refractivity contribution in [1.29, 1.82) is 0 Å². The summed E-state index contributed by atoms with van der Waals surface area (Å²) >= 11 is 0. The second-order valence-electron chi connectivity index (χ2n) is 18.5. The van der Waals surface area contributed by atoms with E-state index >= 15 is 0 Å². The molecule has 272 valence electrons. The molecule has 0 unspecified atom stereocenters. The second kappa shape index (κ2) is 12.3. The van der Waals surface area contributed by atoms with Gasteiger partial charge in [-0.2, -0.15) is 0 Å². The van der Waals surface area contributed by atoms with Crippen LogP contribution in [0.2, 0.25) is 0 Å². The first-order chi connectivity index (χ1) is 21.2. The van der Waals surface area contributed by atoms with E-state index in [0.717, 1.165) is 0 Å². The highest BCUT2D eigenvalue weighted by Gasteiger charge is 2.74. The Morgan fingerprint density at radius 3 is 0.787 bits per heavy atom. The van der Waals surface area contributed by atoms with Crippen molar-refractivity contribution < 1.29 is 41.5 Å². The van der Waals surface area contributed by atoms with Crippen molar-refractivity contribution in [2.24, 2.45) is 58.2 Å². The highest BCUT2D eigenvalue weighted by Crippen LogP contribution is 2.64. The minimum atomic E-state index is -3.06. The van der Waals surface area contributed by atoms with Gasteiger partial charge in [-0.3, -0.25) is 0 Å². The molecule has 0 amide bonds. The van der Waals surface area contributed by atoms with Gasteiger partial charge in [0.25, 0.3) is 0 Å². The molecule has 0 aromatic rings. The Morgan fingerprint density at radius 2 is 0.574 bits per heavy atom. The normalized spacial score (nSPS) is 32.4. The molecule has 5 rings (SSSR count). The van der Waals surface area contributed by atoms with Crippen LogP contribution in [0.1, 0.15) is 138 Å². The third-order valence-electron chi connectivity index (χ3n) is 13.5. The summed E-state index contributed by atoms with van der Waals surface area (Å²) in [5.41, 5.74) is -4.59. The lowest BCUT2D eigenvalue weighted by Gasteiger charge is -2.78. The van der Waals surface area contributed by atoms with Crippen molar-refractivity contribution in [3.05, 3.63) is 0 Å². The molecule has 5 aliphatic rings. The number of hydrogen-bond acceptors (Lipinski definition) is 9. The van der Waals surface area contributed by atoms with Gasteiger partial charge in [-0.15, -0.1) is 0 Å². The predicted octanol–water partition coefficient (Wildman–Crippen LogP) is 8.29. The molecule has 0 aromatic carbocycles. The van der Waals surface area contributed by atoms with E-state index in [0.29, 0.717) is 0 Å². The summed E-state index contributed by atoms with van der Waals surface area (Å²) < 4.78 is 63.4. The van der Waals surface area contributed by atoms with Crippen molar-refractivity contribution in [3.63, 3.8) is 0 Å². The molecule has 5 saturated heterocycles. The topological polar surface area (TPSA) is 83.1 Å². The Balaban J connectivity index is 2.15. The summed E-state index contributed by atoms with van der Waals surface area (Å²) in [5, 5.41) is 0. The molecule has 5 fully saturated rings. The van der Waals surface area contributed by atoms with Crippen LogP contribution >= 0.6 is 0 Å².